The first-order chi connectivity index (χ1) is 35.3. The van der Waals surface area contributed by atoms with Gasteiger partial charge in [-0.1, -0.05) is 57.1 Å². The van der Waals surface area contributed by atoms with Crippen LogP contribution < -0.4 is 14.2 Å². The van der Waals surface area contributed by atoms with Crippen LogP contribution in [0.4, 0.5) is 5.69 Å². The zero-order chi connectivity index (χ0) is 53.1. The maximum atomic E-state index is 13.7. The van der Waals surface area contributed by atoms with Gasteiger partial charge in [-0.05, 0) is 94.5 Å². The third-order valence-corrected chi connectivity index (χ3v) is 11.7. The summed E-state index contributed by atoms with van der Waals surface area (Å²) in [7, 11) is 6.43. The third-order valence-electron chi connectivity index (χ3n) is 11.7. The molecule has 0 aromatic heterocycles. The van der Waals surface area contributed by atoms with Crippen molar-refractivity contribution in [2.24, 2.45) is 9.98 Å². The normalized spacial score (nSPS) is 20.7. The SMILES string of the molecule is C/C=C1\CC(C=N/C2=C/CCC(OC)/C(OCc3cc(COc4cc5c(cc4OC)C(=O)N4C/C(=C/C)CC4C=N5)cc(OCCOCCCOCCOCCC=O)c3)=C\C2)N(C)C1.C=O.CC.CC.CO. The minimum absolute atomic E-state index is 0.0742. The fourth-order valence-corrected chi connectivity index (χ4v) is 8.05. The second kappa shape index (κ2) is 37.3. The molecular formula is C56H84N4O12. The van der Waals surface area contributed by atoms with Crippen molar-refractivity contribution < 1.29 is 57.4 Å². The van der Waals surface area contributed by atoms with Gasteiger partial charge in [0, 0.05) is 83.6 Å². The predicted octanol–water partition coefficient (Wildman–Crippen LogP) is 9.24. The Balaban J connectivity index is 0.00000211. The van der Waals surface area contributed by atoms with E-state index in [0.717, 1.165) is 74.6 Å². The van der Waals surface area contributed by atoms with E-state index < -0.39 is 0 Å². The number of carbonyl (C=O) groups excluding carboxylic acids is 3. The van der Waals surface area contributed by atoms with E-state index >= 15 is 0 Å². The van der Waals surface area contributed by atoms with Crippen molar-refractivity contribution in [3.05, 3.63) is 93.9 Å². The van der Waals surface area contributed by atoms with Crippen LogP contribution in [0.5, 0.6) is 17.2 Å². The maximum Gasteiger partial charge on any atom is 0.257 e. The number of likely N-dealkylation sites (tertiary alicyclic amines) is 1. The highest BCUT2D eigenvalue weighted by Crippen LogP contribution is 2.39. The van der Waals surface area contributed by atoms with Gasteiger partial charge in [0.1, 0.15) is 50.5 Å². The number of aldehydes is 1. The lowest BCUT2D eigenvalue weighted by Gasteiger charge is -2.22. The van der Waals surface area contributed by atoms with Gasteiger partial charge in [-0.15, -0.1) is 0 Å². The number of ether oxygens (including phenoxy) is 8. The Bertz CT molecular complexity index is 2080. The van der Waals surface area contributed by atoms with Crippen molar-refractivity contribution in [2.45, 2.75) is 118 Å². The zero-order valence-electron chi connectivity index (χ0n) is 44.8. The molecule has 2 aromatic carbocycles. The number of benzene rings is 2. The largest absolute Gasteiger partial charge is 0.493 e. The van der Waals surface area contributed by atoms with Crippen LogP contribution in [0.2, 0.25) is 0 Å². The summed E-state index contributed by atoms with van der Waals surface area (Å²) in [6, 6.07) is 9.68. The molecule has 16 heteroatoms. The number of aliphatic hydroxyl groups is 1. The van der Waals surface area contributed by atoms with Crippen LogP contribution in [0.1, 0.15) is 108 Å². The highest BCUT2D eigenvalue weighted by atomic mass is 16.5. The Morgan fingerprint density at radius 3 is 2.08 bits per heavy atom. The Labute approximate surface area is 429 Å². The summed E-state index contributed by atoms with van der Waals surface area (Å²) in [5.41, 5.74) is 6.46. The molecule has 4 aliphatic rings. The topological polar surface area (TPSA) is 176 Å². The molecule has 72 heavy (non-hydrogen) atoms. The maximum absolute atomic E-state index is 13.7. The molecule has 16 nitrogen and oxygen atoms in total. The van der Waals surface area contributed by atoms with E-state index in [1.807, 2.05) is 70.7 Å². The van der Waals surface area contributed by atoms with Crippen LogP contribution in [0.25, 0.3) is 0 Å². The minimum atomic E-state index is -0.191. The molecule has 2 saturated heterocycles. The Morgan fingerprint density at radius 1 is 0.792 bits per heavy atom. The lowest BCUT2D eigenvalue weighted by Crippen LogP contribution is -2.35. The fraction of sp³-hybridized carbons (Fsp3) is 0.554. The molecule has 3 unspecified atom stereocenters. The molecule has 6 rings (SSSR count). The van der Waals surface area contributed by atoms with Crippen LogP contribution in [-0.4, -0.2) is 152 Å². The predicted molar refractivity (Wildman–Crippen MR) is 285 cm³/mol. The van der Waals surface area contributed by atoms with Crippen LogP contribution in [-0.2, 0) is 46.5 Å². The van der Waals surface area contributed by atoms with Crippen LogP contribution in [0.15, 0.2) is 87.2 Å². The quantitative estimate of drug-likeness (QED) is 0.0456. The second-order valence-corrected chi connectivity index (χ2v) is 16.2. The summed E-state index contributed by atoms with van der Waals surface area (Å²) in [6.45, 7) is 19.3. The van der Waals surface area contributed by atoms with Gasteiger partial charge in [0.2, 0.25) is 0 Å². The number of hydrogen-bond donors (Lipinski definition) is 1. The number of carbonyl (C=O) groups is 3. The third kappa shape index (κ3) is 20.6. The number of rotatable bonds is 24. The Morgan fingerprint density at radius 2 is 1.44 bits per heavy atom. The smallest absolute Gasteiger partial charge is 0.257 e. The van der Waals surface area contributed by atoms with Gasteiger partial charge in [-0.3, -0.25) is 19.7 Å². The first-order valence-corrected chi connectivity index (χ1v) is 25.3. The standard InChI is InChI=1S/C50H66N4O10.2C2H6.CH4O.CH2O/c1-6-36-24-41(53(3)32-36)30-51-40-11-8-12-46(57-4)47(14-13-40)63-34-38-23-39(27-43(26-38)62-22-21-61-18-10-17-60-20-19-59-16-9-15-55)35-64-49-29-45-44(28-48(49)58-5)50(56)54-33-37(7-2)25-42(54)31-52-45;4*1-2/h6-7,11,14-15,23,26-31,41-42,46H,8-10,12-13,16-22,24-25,32-35H2,1-5H3;2*1-2H3;2H,1H3;1H2/b36-6+,37-7+,40-11+,47-14+,51-30?;;;;. The fourth-order valence-electron chi connectivity index (χ4n) is 8.05. The van der Waals surface area contributed by atoms with Gasteiger partial charge in [0.05, 0.1) is 50.8 Å². The van der Waals surface area contributed by atoms with E-state index in [1.165, 1.54) is 11.1 Å². The molecule has 1 N–H and O–H groups in total. The van der Waals surface area contributed by atoms with Crippen LogP contribution >= 0.6 is 0 Å². The second-order valence-electron chi connectivity index (χ2n) is 16.2. The molecule has 3 aliphatic heterocycles. The molecule has 0 saturated carbocycles. The van der Waals surface area contributed by atoms with Crippen molar-refractivity contribution in [3.63, 3.8) is 0 Å². The van der Waals surface area contributed by atoms with Gasteiger partial charge < -0.3 is 57.5 Å². The summed E-state index contributed by atoms with van der Waals surface area (Å²) in [5, 5.41) is 7.00. The number of amides is 1. The van der Waals surface area contributed by atoms with E-state index in [4.69, 9.17) is 57.8 Å². The average Bonchev–Trinajstić information content (AvgIpc) is 3.99. The van der Waals surface area contributed by atoms with E-state index in [9.17, 15) is 9.59 Å². The van der Waals surface area contributed by atoms with Crippen molar-refractivity contribution in [1.82, 2.24) is 9.80 Å². The Kier molecular flexibility index (Phi) is 32.4. The molecule has 2 fully saturated rings. The summed E-state index contributed by atoms with van der Waals surface area (Å²) < 4.78 is 47.6. The molecular weight excluding hydrogens is 921 g/mol. The van der Waals surface area contributed by atoms with E-state index in [-0.39, 0.29) is 31.3 Å². The summed E-state index contributed by atoms with van der Waals surface area (Å²) in [4.78, 5) is 45.9. The first-order valence-electron chi connectivity index (χ1n) is 25.3. The molecule has 0 radical (unpaired) electrons. The van der Waals surface area contributed by atoms with Crippen LogP contribution in [0.3, 0.4) is 0 Å². The molecule has 3 atom stereocenters. The molecule has 3 heterocycles. The lowest BCUT2D eigenvalue weighted by molar-refractivity contribution is -0.109. The van der Waals surface area contributed by atoms with Gasteiger partial charge in [0.15, 0.2) is 11.5 Å². The molecule has 0 spiro atoms. The average molecular weight is 1010 g/mol. The highest BCUT2D eigenvalue weighted by molar-refractivity contribution is 6.04. The van der Waals surface area contributed by atoms with Gasteiger partial charge in [0.25, 0.3) is 5.91 Å². The number of hydrogen-bond acceptors (Lipinski definition) is 15. The number of methoxy groups -OCH3 is 2. The van der Waals surface area contributed by atoms with Gasteiger partial charge in [-0.25, -0.2) is 0 Å². The van der Waals surface area contributed by atoms with E-state index in [0.29, 0.717) is 100 Å². The number of nitrogens with zero attached hydrogens (tertiary/aromatic N) is 4. The molecule has 1 aliphatic carbocycles. The van der Waals surface area contributed by atoms with Crippen LogP contribution in [0, 0.1) is 0 Å². The first kappa shape index (κ1) is 62.6. The van der Waals surface area contributed by atoms with Crippen molar-refractivity contribution in [3.8, 4) is 17.2 Å². The van der Waals surface area contributed by atoms with Crippen molar-refractivity contribution in [2.75, 3.05) is 87.7 Å². The molecule has 1 amide bonds. The number of aliphatic hydroxyl groups excluding tert-OH is 1. The lowest BCUT2D eigenvalue weighted by atomic mass is 10.1. The summed E-state index contributed by atoms with van der Waals surface area (Å²) in [6.07, 6.45) is 18.3. The van der Waals surface area contributed by atoms with Gasteiger partial charge in [-0.2, -0.15) is 0 Å². The summed E-state index contributed by atoms with van der Waals surface area (Å²) >= 11 is 0. The monoisotopic (exact) mass is 1000 g/mol. The van der Waals surface area contributed by atoms with E-state index in [1.54, 1.807) is 26.4 Å². The number of allylic oxidation sites excluding steroid dienone is 4. The molecule has 0 bridgehead atoms. The number of aliphatic imine (C=N–C) groups is 2. The minimum Gasteiger partial charge on any atom is -0.493 e. The van der Waals surface area contributed by atoms with Gasteiger partial charge >= 0.3 is 0 Å². The Hall–Kier alpha value is -5.49. The number of likely N-dealkylation sites (N-methyl/N-ethyl adjacent to an activating group) is 1. The van der Waals surface area contributed by atoms with Crippen molar-refractivity contribution >= 4 is 37.1 Å². The summed E-state index contributed by atoms with van der Waals surface area (Å²) in [5.74, 6) is 2.28. The molecule has 400 valence electrons. The highest BCUT2D eigenvalue weighted by Gasteiger charge is 2.34. The molecule has 2 aromatic rings. The zero-order valence-corrected chi connectivity index (χ0v) is 44.8. The number of fused-ring (bicyclic) bond motifs is 2. The van der Waals surface area contributed by atoms with E-state index in [2.05, 4.69) is 49.4 Å². The van der Waals surface area contributed by atoms with Crippen molar-refractivity contribution in [1.29, 1.82) is 0 Å².